The molecule has 2 aliphatic carbocycles. The summed E-state index contributed by atoms with van der Waals surface area (Å²) >= 11 is 0. The standard InChI is InChI=1S/C28H41N7O2/c1-5-34-15-16-35(19(2)18-34)23-10-9-21(17-29-23)31-27(37)25(32-26(36)22-11-14-30-33(22)4)24(20-7-6-8-20)28(3)12-13-28/h9-11,14,17,19-20,24-25H,5-8,12-13,15-16,18H2,1-4H3,(H,31,37)(H,32,36)/t19-,24?,25+/m1/s1. The van der Waals surface area contributed by atoms with E-state index in [4.69, 9.17) is 4.98 Å². The van der Waals surface area contributed by atoms with Crippen LogP contribution in [-0.4, -0.2) is 69.7 Å². The minimum Gasteiger partial charge on any atom is -0.351 e. The van der Waals surface area contributed by atoms with E-state index >= 15 is 0 Å². The van der Waals surface area contributed by atoms with Crippen LogP contribution in [0.2, 0.25) is 0 Å². The van der Waals surface area contributed by atoms with Crippen LogP contribution in [-0.2, 0) is 11.8 Å². The van der Waals surface area contributed by atoms with Gasteiger partial charge in [-0.15, -0.1) is 0 Å². The van der Waals surface area contributed by atoms with Crippen LogP contribution in [0.3, 0.4) is 0 Å². The SMILES string of the molecule is CCN1CCN(c2ccc(NC(=O)[C@@H](NC(=O)c3ccnn3C)C(C3CCC3)C3(C)CC3)cn2)[C@H](C)C1. The highest BCUT2D eigenvalue weighted by molar-refractivity contribution is 6.00. The lowest BCUT2D eigenvalue weighted by Gasteiger charge is -2.42. The molecule has 2 aromatic rings. The molecule has 9 nitrogen and oxygen atoms in total. The van der Waals surface area contributed by atoms with Gasteiger partial charge in [-0.05, 0) is 61.8 Å². The normalized spacial score (nSPS) is 23.1. The molecule has 2 saturated carbocycles. The van der Waals surface area contributed by atoms with Gasteiger partial charge in [0.1, 0.15) is 17.6 Å². The van der Waals surface area contributed by atoms with Crippen molar-refractivity contribution in [3.8, 4) is 0 Å². The van der Waals surface area contributed by atoms with Crippen LogP contribution in [0, 0.1) is 17.3 Å². The summed E-state index contributed by atoms with van der Waals surface area (Å²) in [6, 6.07) is 5.38. The van der Waals surface area contributed by atoms with Crippen molar-refractivity contribution in [1.29, 1.82) is 0 Å². The van der Waals surface area contributed by atoms with Gasteiger partial charge in [-0.25, -0.2) is 4.98 Å². The van der Waals surface area contributed by atoms with Crippen molar-refractivity contribution >= 4 is 23.3 Å². The Kier molecular flexibility index (Phi) is 7.25. The number of aryl methyl sites for hydroxylation is 1. The zero-order chi connectivity index (χ0) is 26.2. The molecule has 1 saturated heterocycles. The number of likely N-dealkylation sites (N-methyl/N-ethyl adjacent to an activating group) is 1. The molecule has 3 fully saturated rings. The van der Waals surface area contributed by atoms with E-state index in [1.165, 1.54) is 6.42 Å². The third-order valence-electron chi connectivity index (χ3n) is 8.95. The largest absolute Gasteiger partial charge is 0.351 e. The minimum atomic E-state index is -0.609. The first kappa shape index (κ1) is 25.7. The van der Waals surface area contributed by atoms with Crippen molar-refractivity contribution in [2.75, 3.05) is 36.4 Å². The number of carbonyl (C=O) groups excluding carboxylic acids is 2. The molecule has 3 atom stereocenters. The monoisotopic (exact) mass is 507 g/mol. The molecule has 200 valence electrons. The van der Waals surface area contributed by atoms with Gasteiger partial charge in [0, 0.05) is 38.9 Å². The zero-order valence-electron chi connectivity index (χ0n) is 22.6. The van der Waals surface area contributed by atoms with E-state index in [-0.39, 0.29) is 23.1 Å². The van der Waals surface area contributed by atoms with Crippen LogP contribution < -0.4 is 15.5 Å². The average Bonchev–Trinajstić information content (AvgIpc) is 3.45. The van der Waals surface area contributed by atoms with Crippen molar-refractivity contribution in [1.82, 2.24) is 25.0 Å². The molecule has 1 aliphatic heterocycles. The van der Waals surface area contributed by atoms with E-state index in [2.05, 4.69) is 46.3 Å². The van der Waals surface area contributed by atoms with Gasteiger partial charge < -0.3 is 15.5 Å². The first-order chi connectivity index (χ1) is 17.8. The van der Waals surface area contributed by atoms with E-state index in [9.17, 15) is 9.59 Å². The van der Waals surface area contributed by atoms with Gasteiger partial charge in [-0.1, -0.05) is 33.1 Å². The van der Waals surface area contributed by atoms with E-state index in [1.54, 1.807) is 30.2 Å². The molecule has 2 N–H and O–H groups in total. The highest BCUT2D eigenvalue weighted by atomic mass is 16.2. The molecule has 0 spiro atoms. The fraction of sp³-hybridized carbons (Fsp3) is 0.643. The second-order valence-corrected chi connectivity index (χ2v) is 11.5. The number of rotatable bonds is 9. The molecular weight excluding hydrogens is 466 g/mol. The highest BCUT2D eigenvalue weighted by Crippen LogP contribution is 2.58. The first-order valence-corrected chi connectivity index (χ1v) is 13.8. The van der Waals surface area contributed by atoms with Crippen LogP contribution in [0.4, 0.5) is 11.5 Å². The molecule has 0 aromatic carbocycles. The van der Waals surface area contributed by atoms with Crippen molar-refractivity contribution in [3.05, 3.63) is 36.3 Å². The second kappa shape index (κ2) is 10.4. The van der Waals surface area contributed by atoms with Gasteiger partial charge in [-0.3, -0.25) is 19.2 Å². The fourth-order valence-corrected chi connectivity index (χ4v) is 6.21. The Labute approximate surface area is 220 Å². The molecule has 2 amide bonds. The predicted molar refractivity (Wildman–Crippen MR) is 144 cm³/mol. The van der Waals surface area contributed by atoms with Crippen LogP contribution in [0.25, 0.3) is 0 Å². The van der Waals surface area contributed by atoms with Crippen LogP contribution in [0.1, 0.15) is 63.4 Å². The Morgan fingerprint density at radius 2 is 1.97 bits per heavy atom. The number of hydrogen-bond acceptors (Lipinski definition) is 6. The lowest BCUT2D eigenvalue weighted by atomic mass is 9.66. The number of carbonyl (C=O) groups is 2. The molecule has 0 bridgehead atoms. The number of nitrogens with one attached hydrogen (secondary N) is 2. The summed E-state index contributed by atoms with van der Waals surface area (Å²) in [5.74, 6) is 1.07. The van der Waals surface area contributed by atoms with Crippen molar-refractivity contribution < 1.29 is 9.59 Å². The number of pyridine rings is 1. The summed E-state index contributed by atoms with van der Waals surface area (Å²) in [4.78, 5) is 36.4. The molecule has 3 aliphatic rings. The average molecular weight is 508 g/mol. The second-order valence-electron chi connectivity index (χ2n) is 11.5. The summed E-state index contributed by atoms with van der Waals surface area (Å²) < 4.78 is 1.55. The molecule has 1 unspecified atom stereocenters. The summed E-state index contributed by atoms with van der Waals surface area (Å²) in [6.45, 7) is 10.8. The van der Waals surface area contributed by atoms with E-state index in [0.29, 0.717) is 23.3 Å². The molecule has 3 heterocycles. The molecular formula is C28H41N7O2. The van der Waals surface area contributed by atoms with Crippen LogP contribution in [0.15, 0.2) is 30.6 Å². The number of hydrogen-bond donors (Lipinski definition) is 2. The Morgan fingerprint density at radius 3 is 2.51 bits per heavy atom. The number of nitrogens with zero attached hydrogens (tertiary/aromatic N) is 5. The maximum absolute atomic E-state index is 13.8. The number of piperazine rings is 1. The van der Waals surface area contributed by atoms with Crippen LogP contribution in [0.5, 0.6) is 0 Å². The Morgan fingerprint density at radius 1 is 1.19 bits per heavy atom. The fourth-order valence-electron chi connectivity index (χ4n) is 6.21. The van der Waals surface area contributed by atoms with Gasteiger partial charge in [0.15, 0.2) is 0 Å². The molecule has 5 rings (SSSR count). The summed E-state index contributed by atoms with van der Waals surface area (Å²) in [6.07, 6.45) is 8.96. The molecule has 9 heteroatoms. The first-order valence-electron chi connectivity index (χ1n) is 13.8. The summed E-state index contributed by atoms with van der Waals surface area (Å²) in [5, 5.41) is 10.3. The van der Waals surface area contributed by atoms with Gasteiger partial charge in [-0.2, -0.15) is 5.10 Å². The van der Waals surface area contributed by atoms with Crippen molar-refractivity contribution in [2.24, 2.45) is 24.3 Å². The van der Waals surface area contributed by atoms with Crippen molar-refractivity contribution in [3.63, 3.8) is 0 Å². The van der Waals surface area contributed by atoms with E-state index < -0.39 is 6.04 Å². The molecule has 2 aromatic heterocycles. The van der Waals surface area contributed by atoms with E-state index in [1.807, 2.05) is 12.1 Å². The predicted octanol–water partition coefficient (Wildman–Crippen LogP) is 3.30. The highest BCUT2D eigenvalue weighted by Gasteiger charge is 2.54. The van der Waals surface area contributed by atoms with E-state index in [0.717, 1.165) is 57.7 Å². The molecule has 37 heavy (non-hydrogen) atoms. The minimum absolute atomic E-state index is 0.0890. The lowest BCUT2D eigenvalue weighted by Crippen LogP contribution is -2.54. The smallest absolute Gasteiger partial charge is 0.270 e. The summed E-state index contributed by atoms with van der Waals surface area (Å²) in [7, 11) is 1.74. The van der Waals surface area contributed by atoms with Crippen molar-refractivity contribution in [2.45, 2.75) is 65.0 Å². The third-order valence-corrected chi connectivity index (χ3v) is 8.95. The van der Waals surface area contributed by atoms with Gasteiger partial charge in [0.05, 0.1) is 11.9 Å². The lowest BCUT2D eigenvalue weighted by molar-refractivity contribution is -0.121. The Bertz CT molecular complexity index is 1110. The quantitative estimate of drug-likeness (QED) is 0.541. The topological polar surface area (TPSA) is 95.4 Å². The van der Waals surface area contributed by atoms with Gasteiger partial charge in [0.25, 0.3) is 5.91 Å². The number of anilines is 2. The third kappa shape index (κ3) is 5.37. The Hall–Kier alpha value is -2.94. The maximum Gasteiger partial charge on any atom is 0.270 e. The number of aromatic nitrogens is 3. The number of amides is 2. The summed E-state index contributed by atoms with van der Waals surface area (Å²) in [5.41, 5.74) is 1.20. The van der Waals surface area contributed by atoms with Gasteiger partial charge >= 0.3 is 0 Å². The molecule has 0 radical (unpaired) electrons. The Balaban J connectivity index is 1.32. The zero-order valence-corrected chi connectivity index (χ0v) is 22.6. The van der Waals surface area contributed by atoms with Crippen LogP contribution >= 0.6 is 0 Å². The maximum atomic E-state index is 13.8. The van der Waals surface area contributed by atoms with Gasteiger partial charge in [0.2, 0.25) is 5.91 Å².